The van der Waals surface area contributed by atoms with E-state index in [1.807, 2.05) is 20.8 Å². The molecule has 0 aliphatic carbocycles. The lowest BCUT2D eigenvalue weighted by molar-refractivity contribution is -0.125. The van der Waals surface area contributed by atoms with Crippen LogP contribution in [0.3, 0.4) is 0 Å². The number of hydrogen-bond donors (Lipinski definition) is 1. The van der Waals surface area contributed by atoms with E-state index >= 15 is 0 Å². The van der Waals surface area contributed by atoms with Gasteiger partial charge in [0.05, 0.1) is 5.56 Å². The van der Waals surface area contributed by atoms with Crippen molar-refractivity contribution >= 4 is 30.5 Å². The molecule has 1 aliphatic rings. The molecular formula is C29H44N4O7. The summed E-state index contributed by atoms with van der Waals surface area (Å²) in [6.07, 6.45) is 3.73. The third kappa shape index (κ3) is 9.93. The first-order valence-corrected chi connectivity index (χ1v) is 13.7. The zero-order valence-electron chi connectivity index (χ0n) is 24.6. The standard InChI is InChI=1S/C29H44N4O7/c1-29(2,3)40-28(38)31(5)14-8-15-33-16-12-22(13-17-33)39-23-10-11-24(21(19-23)20-35)27(37)32(6)25(9-7-18-34)26(36)30-4/h10-11,18-20,22,25H,7-9,12-17H2,1-6H3,(H,30,36). The zero-order valence-corrected chi connectivity index (χ0v) is 24.6. The van der Waals surface area contributed by atoms with Gasteiger partial charge in [0.15, 0.2) is 6.29 Å². The number of carbonyl (C=O) groups is 5. The second-order valence-corrected chi connectivity index (χ2v) is 11.1. The SMILES string of the molecule is CNC(=O)C(CCC=O)N(C)C(=O)c1ccc(OC2CCN(CCCN(C)C(=O)OC(C)(C)C)CC2)cc1C=O. The van der Waals surface area contributed by atoms with Gasteiger partial charge in [0, 0.05) is 52.8 Å². The zero-order chi connectivity index (χ0) is 29.9. The highest BCUT2D eigenvalue weighted by Crippen LogP contribution is 2.23. The summed E-state index contributed by atoms with van der Waals surface area (Å²) in [7, 11) is 4.69. The molecule has 40 heavy (non-hydrogen) atoms. The van der Waals surface area contributed by atoms with Crippen molar-refractivity contribution < 1.29 is 33.4 Å². The highest BCUT2D eigenvalue weighted by Gasteiger charge is 2.28. The van der Waals surface area contributed by atoms with Crippen molar-refractivity contribution in [1.29, 1.82) is 0 Å². The Morgan fingerprint density at radius 1 is 1.15 bits per heavy atom. The summed E-state index contributed by atoms with van der Waals surface area (Å²) >= 11 is 0. The maximum Gasteiger partial charge on any atom is 0.410 e. The number of benzene rings is 1. The van der Waals surface area contributed by atoms with Gasteiger partial charge in [-0.3, -0.25) is 14.4 Å². The van der Waals surface area contributed by atoms with E-state index in [4.69, 9.17) is 9.47 Å². The number of likely N-dealkylation sites (tertiary alicyclic amines) is 1. The molecule has 1 aromatic rings. The lowest BCUT2D eigenvalue weighted by Crippen LogP contribution is -2.47. The average molecular weight is 561 g/mol. The minimum atomic E-state index is -0.832. The molecule has 1 fully saturated rings. The average Bonchev–Trinajstić information content (AvgIpc) is 2.92. The van der Waals surface area contributed by atoms with Gasteiger partial charge in [-0.25, -0.2) is 4.79 Å². The number of nitrogens with one attached hydrogen (secondary N) is 1. The van der Waals surface area contributed by atoms with E-state index in [1.165, 1.54) is 25.1 Å². The van der Waals surface area contributed by atoms with Crippen LogP contribution in [0, 0.1) is 0 Å². The minimum Gasteiger partial charge on any atom is -0.490 e. The number of aldehydes is 2. The Morgan fingerprint density at radius 2 is 1.82 bits per heavy atom. The van der Waals surface area contributed by atoms with Crippen molar-refractivity contribution in [2.75, 3.05) is 47.3 Å². The Bertz CT molecular complexity index is 1030. The largest absolute Gasteiger partial charge is 0.490 e. The summed E-state index contributed by atoms with van der Waals surface area (Å²) < 4.78 is 11.5. The summed E-state index contributed by atoms with van der Waals surface area (Å²) in [5.74, 6) is -0.368. The van der Waals surface area contributed by atoms with E-state index in [1.54, 1.807) is 24.1 Å². The molecule has 0 bridgehead atoms. The molecule has 11 nitrogen and oxygen atoms in total. The van der Waals surface area contributed by atoms with Crippen LogP contribution < -0.4 is 10.1 Å². The number of ether oxygens (including phenoxy) is 2. The molecule has 3 amide bonds. The number of likely N-dealkylation sites (N-methyl/N-ethyl adjacent to an activating group) is 2. The predicted octanol–water partition coefficient (Wildman–Crippen LogP) is 2.77. The molecule has 0 spiro atoms. The summed E-state index contributed by atoms with van der Waals surface area (Å²) in [6, 6.07) is 3.91. The highest BCUT2D eigenvalue weighted by atomic mass is 16.6. The fraction of sp³-hybridized carbons (Fsp3) is 0.621. The first-order chi connectivity index (χ1) is 18.9. The minimum absolute atomic E-state index is 0.0228. The number of carbonyl (C=O) groups excluding carboxylic acids is 5. The molecule has 1 N–H and O–H groups in total. The molecule has 0 saturated carbocycles. The summed E-state index contributed by atoms with van der Waals surface area (Å²) in [6.45, 7) is 8.72. The fourth-order valence-corrected chi connectivity index (χ4v) is 4.54. The molecule has 1 atom stereocenters. The monoisotopic (exact) mass is 560 g/mol. The number of amides is 3. The van der Waals surface area contributed by atoms with E-state index in [-0.39, 0.29) is 42.1 Å². The molecule has 0 radical (unpaired) electrons. The maximum absolute atomic E-state index is 13.1. The molecule has 1 saturated heterocycles. The molecule has 222 valence electrons. The normalized spacial score (nSPS) is 15.1. The molecule has 2 rings (SSSR count). The third-order valence-corrected chi connectivity index (χ3v) is 6.79. The van der Waals surface area contributed by atoms with Crippen LogP contribution in [0.25, 0.3) is 0 Å². The van der Waals surface area contributed by atoms with Crippen molar-refractivity contribution in [2.45, 2.75) is 70.6 Å². The smallest absolute Gasteiger partial charge is 0.410 e. The molecule has 0 aromatic heterocycles. The van der Waals surface area contributed by atoms with E-state index in [0.717, 1.165) is 38.9 Å². The van der Waals surface area contributed by atoms with E-state index in [0.29, 0.717) is 24.9 Å². The van der Waals surface area contributed by atoms with Gasteiger partial charge in [0.1, 0.15) is 29.8 Å². The van der Waals surface area contributed by atoms with Crippen LogP contribution in [-0.4, -0.2) is 110 Å². The number of rotatable bonds is 13. The number of nitrogens with zero attached hydrogens (tertiary/aromatic N) is 3. The Kier molecular flexibility index (Phi) is 12.6. The van der Waals surface area contributed by atoms with E-state index in [2.05, 4.69) is 10.2 Å². The Labute approximate surface area is 237 Å². The second kappa shape index (κ2) is 15.4. The highest BCUT2D eigenvalue weighted by molar-refractivity contribution is 6.03. The van der Waals surface area contributed by atoms with Gasteiger partial charge in [0.25, 0.3) is 5.91 Å². The molecule has 11 heteroatoms. The van der Waals surface area contributed by atoms with Crippen molar-refractivity contribution in [3.8, 4) is 5.75 Å². The lowest BCUT2D eigenvalue weighted by Gasteiger charge is -2.32. The van der Waals surface area contributed by atoms with Gasteiger partial charge in [-0.05, 0) is 71.2 Å². The van der Waals surface area contributed by atoms with Crippen molar-refractivity contribution in [3.63, 3.8) is 0 Å². The van der Waals surface area contributed by atoms with Gasteiger partial charge in [-0.2, -0.15) is 0 Å². The van der Waals surface area contributed by atoms with Crippen LogP contribution in [0.2, 0.25) is 0 Å². The fourth-order valence-electron chi connectivity index (χ4n) is 4.54. The number of piperidine rings is 1. The third-order valence-electron chi connectivity index (χ3n) is 6.79. The summed E-state index contributed by atoms with van der Waals surface area (Å²) in [5, 5.41) is 2.51. The summed E-state index contributed by atoms with van der Waals surface area (Å²) in [4.78, 5) is 65.4. The molecule has 1 heterocycles. The topological polar surface area (TPSA) is 126 Å². The van der Waals surface area contributed by atoms with E-state index in [9.17, 15) is 24.0 Å². The van der Waals surface area contributed by atoms with Crippen LogP contribution in [0.15, 0.2) is 18.2 Å². The maximum atomic E-state index is 13.1. The van der Waals surface area contributed by atoms with Gasteiger partial charge in [0.2, 0.25) is 5.91 Å². The first kappa shape index (κ1) is 32.7. The molecule has 1 aliphatic heterocycles. The Morgan fingerprint density at radius 3 is 2.40 bits per heavy atom. The van der Waals surface area contributed by atoms with Gasteiger partial charge in [-0.1, -0.05) is 0 Å². The van der Waals surface area contributed by atoms with Gasteiger partial charge >= 0.3 is 6.09 Å². The molecule has 1 aromatic carbocycles. The van der Waals surface area contributed by atoms with Crippen LogP contribution in [0.5, 0.6) is 5.75 Å². The van der Waals surface area contributed by atoms with Crippen LogP contribution in [-0.2, 0) is 14.3 Å². The molecule has 1 unspecified atom stereocenters. The van der Waals surface area contributed by atoms with Crippen molar-refractivity contribution in [3.05, 3.63) is 29.3 Å². The lowest BCUT2D eigenvalue weighted by atomic mass is 10.0. The first-order valence-electron chi connectivity index (χ1n) is 13.7. The van der Waals surface area contributed by atoms with Crippen LogP contribution in [0.1, 0.15) is 73.6 Å². The van der Waals surface area contributed by atoms with Crippen LogP contribution in [0.4, 0.5) is 4.79 Å². The Hall–Kier alpha value is -3.47. The Balaban J connectivity index is 1.90. The summed E-state index contributed by atoms with van der Waals surface area (Å²) in [5.41, 5.74) is -0.178. The van der Waals surface area contributed by atoms with E-state index < -0.39 is 17.6 Å². The number of hydrogen-bond acceptors (Lipinski definition) is 8. The predicted molar refractivity (Wildman–Crippen MR) is 151 cm³/mol. The van der Waals surface area contributed by atoms with Crippen LogP contribution >= 0.6 is 0 Å². The van der Waals surface area contributed by atoms with Crippen molar-refractivity contribution in [1.82, 2.24) is 20.0 Å². The van der Waals surface area contributed by atoms with Crippen molar-refractivity contribution in [2.24, 2.45) is 0 Å². The van der Waals surface area contributed by atoms with Gasteiger partial charge < -0.3 is 34.3 Å². The molecular weight excluding hydrogens is 516 g/mol. The quantitative estimate of drug-likeness (QED) is 0.365. The van der Waals surface area contributed by atoms with Gasteiger partial charge in [-0.15, -0.1) is 0 Å². The second-order valence-electron chi connectivity index (χ2n) is 11.1.